The Kier molecular flexibility index (Phi) is 3.69. The molecule has 0 radical (unpaired) electrons. The third-order valence-corrected chi connectivity index (χ3v) is 6.57. The van der Waals surface area contributed by atoms with Gasteiger partial charge in [0.25, 0.3) is 0 Å². The number of thioether (sulfide) groups is 1. The van der Waals surface area contributed by atoms with E-state index in [4.69, 9.17) is 0 Å². The van der Waals surface area contributed by atoms with Crippen molar-refractivity contribution < 1.29 is 4.79 Å². The van der Waals surface area contributed by atoms with Crippen LogP contribution in [0, 0.1) is 0 Å². The van der Waals surface area contributed by atoms with Crippen molar-refractivity contribution in [1.29, 1.82) is 0 Å². The summed E-state index contributed by atoms with van der Waals surface area (Å²) >= 11 is 3.53. The van der Waals surface area contributed by atoms with Gasteiger partial charge in [0.15, 0.2) is 5.82 Å². The van der Waals surface area contributed by atoms with Gasteiger partial charge in [-0.25, -0.2) is 0 Å². The molecule has 5 nitrogen and oxygen atoms in total. The average Bonchev–Trinajstić information content (AvgIpc) is 3.23. The van der Waals surface area contributed by atoms with Crippen LogP contribution in [0.2, 0.25) is 0 Å². The molecule has 4 heterocycles. The number of carbonyl (C=O) groups excluding carboxylic acids is 1. The van der Waals surface area contributed by atoms with E-state index in [-0.39, 0.29) is 11.2 Å². The number of nitrogens with zero attached hydrogens (tertiary/aromatic N) is 4. The second-order valence-corrected chi connectivity index (χ2v) is 8.00. The van der Waals surface area contributed by atoms with E-state index < -0.39 is 0 Å². The molecule has 1 unspecified atom stereocenters. The summed E-state index contributed by atoms with van der Waals surface area (Å²) in [6.07, 6.45) is 3.22. The standard InChI is InChI=1S/C15H18N4OS2/c1-18(9-13-17-16-12-3-2-6-19(12)13)15(20)14-10-4-7-21-11(10)5-8-22-14/h4,7,14H,2-3,5-6,8-9H2,1H3. The van der Waals surface area contributed by atoms with Gasteiger partial charge in [0.05, 0.1) is 6.54 Å². The number of likely N-dealkylation sites (N-methyl/N-ethyl adjacent to an activating group) is 1. The van der Waals surface area contributed by atoms with E-state index in [1.807, 2.05) is 7.05 Å². The summed E-state index contributed by atoms with van der Waals surface area (Å²) in [7, 11) is 1.88. The average molecular weight is 334 g/mol. The van der Waals surface area contributed by atoms with Crippen LogP contribution in [0.4, 0.5) is 0 Å². The predicted octanol–water partition coefficient (Wildman–Crippen LogP) is 2.27. The molecule has 0 aromatic carbocycles. The highest BCUT2D eigenvalue weighted by molar-refractivity contribution is 8.00. The van der Waals surface area contributed by atoms with Crippen LogP contribution in [-0.4, -0.2) is 38.4 Å². The molecule has 0 aliphatic carbocycles. The molecular formula is C15H18N4OS2. The molecule has 0 N–H and O–H groups in total. The molecule has 0 spiro atoms. The molecular weight excluding hydrogens is 316 g/mol. The molecule has 22 heavy (non-hydrogen) atoms. The number of thiophene rings is 1. The highest BCUT2D eigenvalue weighted by atomic mass is 32.2. The molecule has 4 rings (SSSR count). The number of aromatic nitrogens is 3. The Morgan fingerprint density at radius 1 is 1.45 bits per heavy atom. The highest BCUT2D eigenvalue weighted by Gasteiger charge is 2.31. The molecule has 2 aliphatic heterocycles. The molecule has 1 atom stereocenters. The minimum Gasteiger partial charge on any atom is -0.337 e. The first-order chi connectivity index (χ1) is 10.7. The fourth-order valence-electron chi connectivity index (χ4n) is 3.17. The second kappa shape index (κ2) is 5.70. The van der Waals surface area contributed by atoms with Gasteiger partial charge in [-0.05, 0) is 35.6 Å². The first kappa shape index (κ1) is 14.3. The number of hydrogen-bond acceptors (Lipinski definition) is 5. The first-order valence-corrected chi connectivity index (χ1v) is 9.50. The lowest BCUT2D eigenvalue weighted by atomic mass is 10.1. The molecule has 2 aliphatic rings. The first-order valence-electron chi connectivity index (χ1n) is 7.58. The van der Waals surface area contributed by atoms with E-state index in [0.29, 0.717) is 6.54 Å². The van der Waals surface area contributed by atoms with Crippen molar-refractivity contribution in [3.63, 3.8) is 0 Å². The number of fused-ring (bicyclic) bond motifs is 2. The van der Waals surface area contributed by atoms with Crippen molar-refractivity contribution in [3.05, 3.63) is 33.5 Å². The second-order valence-electron chi connectivity index (χ2n) is 5.78. The van der Waals surface area contributed by atoms with Gasteiger partial charge in [-0.15, -0.1) is 33.3 Å². The zero-order valence-corrected chi connectivity index (χ0v) is 14.1. The zero-order valence-electron chi connectivity index (χ0n) is 12.5. The summed E-state index contributed by atoms with van der Waals surface area (Å²) in [5, 5.41) is 10.5. The van der Waals surface area contributed by atoms with Crippen LogP contribution in [0.15, 0.2) is 11.4 Å². The summed E-state index contributed by atoms with van der Waals surface area (Å²) in [6, 6.07) is 2.11. The van der Waals surface area contributed by atoms with Gasteiger partial charge in [-0.1, -0.05) is 0 Å². The Bertz CT molecular complexity index is 708. The van der Waals surface area contributed by atoms with E-state index >= 15 is 0 Å². The number of rotatable bonds is 3. The quantitative estimate of drug-likeness (QED) is 0.864. The number of amides is 1. The topological polar surface area (TPSA) is 51.0 Å². The third-order valence-electron chi connectivity index (χ3n) is 4.34. The van der Waals surface area contributed by atoms with Crippen molar-refractivity contribution in [3.8, 4) is 0 Å². The molecule has 2 aromatic heterocycles. The Balaban J connectivity index is 1.51. The van der Waals surface area contributed by atoms with Crippen molar-refractivity contribution in [2.75, 3.05) is 12.8 Å². The van der Waals surface area contributed by atoms with Crippen LogP contribution < -0.4 is 0 Å². The molecule has 0 saturated carbocycles. The van der Waals surface area contributed by atoms with Gasteiger partial charge in [-0.3, -0.25) is 4.79 Å². The molecule has 2 aromatic rings. The lowest BCUT2D eigenvalue weighted by molar-refractivity contribution is -0.130. The maximum absolute atomic E-state index is 12.8. The van der Waals surface area contributed by atoms with Gasteiger partial charge >= 0.3 is 0 Å². The monoisotopic (exact) mass is 334 g/mol. The summed E-state index contributed by atoms with van der Waals surface area (Å²) in [5.41, 5.74) is 1.21. The van der Waals surface area contributed by atoms with E-state index in [1.165, 1.54) is 10.4 Å². The number of aryl methyl sites for hydroxylation is 2. The van der Waals surface area contributed by atoms with Crippen LogP contribution >= 0.6 is 23.1 Å². The number of carbonyl (C=O) groups is 1. The predicted molar refractivity (Wildman–Crippen MR) is 88.0 cm³/mol. The van der Waals surface area contributed by atoms with Gasteiger partial charge < -0.3 is 9.47 Å². The Labute approximate surface area is 137 Å². The Hall–Kier alpha value is -1.34. The van der Waals surface area contributed by atoms with Crippen molar-refractivity contribution in [2.24, 2.45) is 0 Å². The molecule has 116 valence electrons. The minimum absolute atomic E-state index is 0.0547. The Morgan fingerprint density at radius 3 is 3.27 bits per heavy atom. The minimum atomic E-state index is -0.0547. The zero-order chi connectivity index (χ0) is 15.1. The highest BCUT2D eigenvalue weighted by Crippen LogP contribution is 2.40. The smallest absolute Gasteiger partial charge is 0.240 e. The van der Waals surface area contributed by atoms with Crippen LogP contribution in [-0.2, 0) is 30.7 Å². The van der Waals surface area contributed by atoms with E-state index in [9.17, 15) is 4.79 Å². The fraction of sp³-hybridized carbons (Fsp3) is 0.533. The lowest BCUT2D eigenvalue weighted by Crippen LogP contribution is -2.32. The normalized spacial score (nSPS) is 19.8. The van der Waals surface area contributed by atoms with Crippen molar-refractivity contribution in [2.45, 2.75) is 37.6 Å². The van der Waals surface area contributed by atoms with E-state index in [0.717, 1.165) is 43.2 Å². The fourth-order valence-corrected chi connectivity index (χ4v) is 5.57. The summed E-state index contributed by atoms with van der Waals surface area (Å²) in [4.78, 5) is 16.0. The van der Waals surface area contributed by atoms with Gasteiger partial charge in [-0.2, -0.15) is 0 Å². The van der Waals surface area contributed by atoms with E-state index in [1.54, 1.807) is 28.0 Å². The number of hydrogen-bond donors (Lipinski definition) is 0. The van der Waals surface area contributed by atoms with Gasteiger partial charge in [0, 0.05) is 24.9 Å². The maximum atomic E-state index is 12.8. The molecule has 1 amide bonds. The SMILES string of the molecule is CN(Cc1nnc2n1CCC2)C(=O)C1SCCc2sccc21. The summed E-state index contributed by atoms with van der Waals surface area (Å²) in [6.45, 7) is 1.52. The third kappa shape index (κ3) is 2.36. The van der Waals surface area contributed by atoms with Crippen LogP contribution in [0.5, 0.6) is 0 Å². The molecule has 0 saturated heterocycles. The van der Waals surface area contributed by atoms with Gasteiger partial charge in [0.2, 0.25) is 5.91 Å². The molecule has 7 heteroatoms. The molecule has 0 bridgehead atoms. The van der Waals surface area contributed by atoms with Crippen molar-refractivity contribution >= 4 is 29.0 Å². The summed E-state index contributed by atoms with van der Waals surface area (Å²) < 4.78 is 2.16. The lowest BCUT2D eigenvalue weighted by Gasteiger charge is -2.26. The Morgan fingerprint density at radius 2 is 2.36 bits per heavy atom. The molecule has 0 fully saturated rings. The largest absolute Gasteiger partial charge is 0.337 e. The van der Waals surface area contributed by atoms with Crippen LogP contribution in [0.3, 0.4) is 0 Å². The van der Waals surface area contributed by atoms with Crippen LogP contribution in [0.25, 0.3) is 0 Å². The van der Waals surface area contributed by atoms with E-state index in [2.05, 4.69) is 26.2 Å². The van der Waals surface area contributed by atoms with Gasteiger partial charge in [0.1, 0.15) is 11.1 Å². The van der Waals surface area contributed by atoms with Crippen molar-refractivity contribution in [1.82, 2.24) is 19.7 Å². The maximum Gasteiger partial charge on any atom is 0.240 e. The summed E-state index contributed by atoms with van der Waals surface area (Å²) in [5.74, 6) is 3.18. The van der Waals surface area contributed by atoms with Crippen LogP contribution in [0.1, 0.15) is 33.8 Å².